The summed E-state index contributed by atoms with van der Waals surface area (Å²) in [7, 11) is 2.20. The number of pyridine rings is 1. The quantitative estimate of drug-likeness (QED) is 0.558. The van der Waals surface area contributed by atoms with E-state index in [-0.39, 0.29) is 18.2 Å². The van der Waals surface area contributed by atoms with Crippen molar-refractivity contribution in [1.29, 1.82) is 0 Å². The first-order valence-electron chi connectivity index (χ1n) is 13.4. The van der Waals surface area contributed by atoms with Crippen LogP contribution in [0.4, 0.5) is 10.5 Å². The van der Waals surface area contributed by atoms with E-state index in [1.807, 2.05) is 49.7 Å². The summed E-state index contributed by atoms with van der Waals surface area (Å²) >= 11 is 2.04. The van der Waals surface area contributed by atoms with Crippen LogP contribution >= 0.6 is 11.8 Å². The molecule has 0 saturated carbocycles. The van der Waals surface area contributed by atoms with Gasteiger partial charge in [0.1, 0.15) is 5.60 Å². The van der Waals surface area contributed by atoms with Gasteiger partial charge in [-0.15, -0.1) is 0 Å². The molecule has 7 heteroatoms. The van der Waals surface area contributed by atoms with Gasteiger partial charge in [-0.1, -0.05) is 18.2 Å². The molecule has 2 atom stereocenters. The molecule has 1 saturated heterocycles. The lowest BCUT2D eigenvalue weighted by atomic mass is 9.89. The second-order valence-electron chi connectivity index (χ2n) is 11.4. The first-order chi connectivity index (χ1) is 17.3. The zero-order chi connectivity index (χ0) is 25.3. The van der Waals surface area contributed by atoms with Gasteiger partial charge in [-0.05, 0) is 82.3 Å². The zero-order valence-corrected chi connectivity index (χ0v) is 23.0. The van der Waals surface area contributed by atoms with Crippen molar-refractivity contribution in [2.24, 2.45) is 0 Å². The van der Waals surface area contributed by atoms with Crippen LogP contribution in [0.1, 0.15) is 62.0 Å². The van der Waals surface area contributed by atoms with Gasteiger partial charge >= 0.3 is 6.09 Å². The van der Waals surface area contributed by atoms with Crippen molar-refractivity contribution in [1.82, 2.24) is 14.8 Å². The summed E-state index contributed by atoms with van der Waals surface area (Å²) < 4.78 is 5.90. The maximum atomic E-state index is 13.4. The summed E-state index contributed by atoms with van der Waals surface area (Å²) in [6.07, 6.45) is 5.93. The predicted molar refractivity (Wildman–Crippen MR) is 148 cm³/mol. The highest BCUT2D eigenvalue weighted by Gasteiger charge is 2.37. The van der Waals surface area contributed by atoms with Crippen molar-refractivity contribution in [2.75, 3.05) is 43.1 Å². The number of aryl methyl sites for hydroxylation is 1. The molecule has 3 heterocycles. The van der Waals surface area contributed by atoms with E-state index in [2.05, 4.69) is 41.1 Å². The summed E-state index contributed by atoms with van der Waals surface area (Å²) in [4.78, 5) is 25.2. The molecule has 6 nitrogen and oxygen atoms in total. The molecule has 1 fully saturated rings. The molecular formula is C29H40N4O2S. The molecule has 0 unspecified atom stereocenters. The van der Waals surface area contributed by atoms with Crippen LogP contribution in [-0.2, 0) is 24.1 Å². The normalized spacial score (nSPS) is 22.2. The van der Waals surface area contributed by atoms with Gasteiger partial charge in [0.05, 0.1) is 17.8 Å². The number of hydrogen-bond acceptors (Lipinski definition) is 6. The third kappa shape index (κ3) is 5.52. The van der Waals surface area contributed by atoms with Gasteiger partial charge in [0.2, 0.25) is 0 Å². The molecular weight excluding hydrogens is 468 g/mol. The summed E-state index contributed by atoms with van der Waals surface area (Å²) in [5, 5.41) is 0. The Balaban J connectivity index is 1.43. The van der Waals surface area contributed by atoms with Gasteiger partial charge in [-0.25, -0.2) is 4.79 Å². The number of carbonyl (C=O) groups is 1. The molecule has 194 valence electrons. The van der Waals surface area contributed by atoms with Crippen LogP contribution in [0.15, 0.2) is 36.5 Å². The molecule has 0 N–H and O–H groups in total. The molecule has 0 radical (unpaired) electrons. The summed E-state index contributed by atoms with van der Waals surface area (Å²) in [6.45, 7) is 9.41. The number of fused-ring (bicyclic) bond motifs is 2. The van der Waals surface area contributed by atoms with Gasteiger partial charge < -0.3 is 9.64 Å². The minimum atomic E-state index is -0.520. The van der Waals surface area contributed by atoms with Crippen LogP contribution in [-0.4, -0.2) is 70.7 Å². The number of ether oxygens (including phenoxy) is 1. The van der Waals surface area contributed by atoms with Gasteiger partial charge in [0.15, 0.2) is 0 Å². The molecule has 1 aliphatic carbocycles. The predicted octanol–water partition coefficient (Wildman–Crippen LogP) is 5.31. The Bertz CT molecular complexity index is 1080. The molecule has 0 bridgehead atoms. The van der Waals surface area contributed by atoms with E-state index in [0.717, 1.165) is 38.9 Å². The van der Waals surface area contributed by atoms with E-state index in [4.69, 9.17) is 9.72 Å². The second-order valence-corrected chi connectivity index (χ2v) is 12.6. The number of rotatable bonds is 4. The number of hydrogen-bond donors (Lipinski definition) is 0. The number of amides is 1. The van der Waals surface area contributed by atoms with E-state index in [1.165, 1.54) is 46.0 Å². The van der Waals surface area contributed by atoms with Gasteiger partial charge in [-0.2, -0.15) is 11.8 Å². The Morgan fingerprint density at radius 3 is 2.72 bits per heavy atom. The van der Waals surface area contributed by atoms with Gasteiger partial charge in [0.25, 0.3) is 0 Å². The lowest BCUT2D eigenvalue weighted by Gasteiger charge is -2.43. The maximum absolute atomic E-state index is 13.4. The highest BCUT2D eigenvalue weighted by Crippen LogP contribution is 2.36. The summed E-state index contributed by atoms with van der Waals surface area (Å²) in [5.74, 6) is 2.35. The minimum Gasteiger partial charge on any atom is -0.444 e. The largest absolute Gasteiger partial charge is 0.444 e. The van der Waals surface area contributed by atoms with Gasteiger partial charge in [0, 0.05) is 49.6 Å². The lowest BCUT2D eigenvalue weighted by molar-refractivity contribution is 0.00646. The average Bonchev–Trinajstić information content (AvgIpc) is 2.87. The first-order valence-corrected chi connectivity index (χ1v) is 14.5. The monoisotopic (exact) mass is 508 g/mol. The van der Waals surface area contributed by atoms with Crippen LogP contribution in [0.5, 0.6) is 0 Å². The Morgan fingerprint density at radius 1 is 1.17 bits per heavy atom. The third-order valence-electron chi connectivity index (χ3n) is 7.65. The smallest absolute Gasteiger partial charge is 0.410 e. The number of thioether (sulfide) groups is 1. The van der Waals surface area contributed by atoms with Crippen LogP contribution in [0.3, 0.4) is 0 Å². The topological polar surface area (TPSA) is 48.9 Å². The highest BCUT2D eigenvalue weighted by molar-refractivity contribution is 7.99. The summed E-state index contributed by atoms with van der Waals surface area (Å²) in [5.41, 5.74) is 6.06. The molecule has 5 rings (SSSR count). The number of likely N-dealkylation sites (N-methyl/N-ethyl adjacent to an activating group) is 1. The van der Waals surface area contributed by atoms with E-state index < -0.39 is 5.60 Å². The Morgan fingerprint density at radius 2 is 1.94 bits per heavy atom. The van der Waals surface area contributed by atoms with E-state index in [9.17, 15) is 4.79 Å². The van der Waals surface area contributed by atoms with Crippen LogP contribution in [0.2, 0.25) is 0 Å². The SMILES string of the molecule is CN(C[C@H]1Cc2c(cccc2N2CCSCC2)CN1C(=O)OC(C)(C)C)[C@H]1CCCc2cccnc21. The van der Waals surface area contributed by atoms with Crippen LogP contribution in [0, 0.1) is 0 Å². The van der Waals surface area contributed by atoms with E-state index >= 15 is 0 Å². The average molecular weight is 509 g/mol. The molecule has 36 heavy (non-hydrogen) atoms. The van der Waals surface area contributed by atoms with Crippen molar-refractivity contribution in [3.8, 4) is 0 Å². The van der Waals surface area contributed by atoms with Crippen LogP contribution in [0.25, 0.3) is 0 Å². The third-order valence-corrected chi connectivity index (χ3v) is 8.59. The molecule has 2 aromatic rings. The summed E-state index contributed by atoms with van der Waals surface area (Å²) in [6, 6.07) is 11.2. The maximum Gasteiger partial charge on any atom is 0.410 e. The Labute approximate surface area is 220 Å². The highest BCUT2D eigenvalue weighted by atomic mass is 32.2. The fourth-order valence-electron chi connectivity index (χ4n) is 5.93. The fraction of sp³-hybridized carbons (Fsp3) is 0.586. The molecule has 1 amide bonds. The Kier molecular flexibility index (Phi) is 7.49. The molecule has 1 aromatic heterocycles. The molecule has 2 aliphatic heterocycles. The second kappa shape index (κ2) is 10.6. The van der Waals surface area contributed by atoms with Crippen molar-refractivity contribution in [3.63, 3.8) is 0 Å². The fourth-order valence-corrected chi connectivity index (χ4v) is 6.84. The lowest BCUT2D eigenvalue weighted by Crippen LogP contribution is -2.51. The van der Waals surface area contributed by atoms with E-state index in [1.54, 1.807) is 0 Å². The van der Waals surface area contributed by atoms with E-state index in [0.29, 0.717) is 6.54 Å². The number of benzene rings is 1. The zero-order valence-electron chi connectivity index (χ0n) is 22.2. The number of aromatic nitrogens is 1. The number of anilines is 1. The minimum absolute atomic E-state index is 0.0479. The van der Waals surface area contributed by atoms with Crippen molar-refractivity contribution in [3.05, 3.63) is 58.9 Å². The van der Waals surface area contributed by atoms with Gasteiger partial charge in [-0.3, -0.25) is 14.8 Å². The van der Waals surface area contributed by atoms with Crippen molar-refractivity contribution >= 4 is 23.5 Å². The molecule has 3 aliphatic rings. The molecule has 0 spiro atoms. The van der Waals surface area contributed by atoms with Crippen molar-refractivity contribution in [2.45, 2.75) is 70.7 Å². The Hall–Kier alpha value is -2.25. The molecule has 1 aromatic carbocycles. The van der Waals surface area contributed by atoms with Crippen molar-refractivity contribution < 1.29 is 9.53 Å². The van der Waals surface area contributed by atoms with Crippen LogP contribution < -0.4 is 4.90 Å². The standard InChI is InChI=1S/C29H40N4O2S/c1-29(2,3)35-28(34)33-19-22-9-6-11-25(32-14-16-36-17-15-32)24(22)18-23(33)20-31(4)26-12-5-8-21-10-7-13-30-27(21)26/h6-7,9-11,13,23,26H,5,8,12,14-20H2,1-4H3/t23-,26+/m1/s1. The number of carbonyl (C=O) groups excluding carboxylic acids is 1. The number of nitrogens with zero attached hydrogens (tertiary/aromatic N) is 4. The first kappa shape index (κ1) is 25.4.